The van der Waals surface area contributed by atoms with Crippen molar-refractivity contribution < 1.29 is 9.59 Å². The molecule has 6 heteroatoms. The van der Waals surface area contributed by atoms with Crippen LogP contribution in [0.1, 0.15) is 94.6 Å². The van der Waals surface area contributed by atoms with Gasteiger partial charge in [-0.3, -0.25) is 9.59 Å². The predicted octanol–water partition coefficient (Wildman–Crippen LogP) is 7.29. The summed E-state index contributed by atoms with van der Waals surface area (Å²) in [6, 6.07) is 19.2. The van der Waals surface area contributed by atoms with Crippen molar-refractivity contribution in [3.63, 3.8) is 0 Å². The van der Waals surface area contributed by atoms with Crippen LogP contribution in [0.25, 0.3) is 6.08 Å². The molecular formula is C35H48ClN3O2. The van der Waals surface area contributed by atoms with Gasteiger partial charge in [-0.1, -0.05) is 86.7 Å². The first-order valence-corrected chi connectivity index (χ1v) is 15.8. The lowest BCUT2D eigenvalue weighted by Gasteiger charge is -2.39. The molecular weight excluding hydrogens is 530 g/mol. The number of carbonyl (C=O) groups is 2. The number of carbonyl (C=O) groups excluding carboxylic acids is 2. The number of para-hydroxylation sites is 1. The fourth-order valence-electron chi connectivity index (χ4n) is 6.94. The SMILES string of the molecule is Cl.O=C(CCCC(=O)N(CCCN1CCC2(C=Cc3ccccc32)CC1)c1ccccc1)NC1CCCCCCC1. The third-order valence-electron chi connectivity index (χ3n) is 9.32. The number of nitrogens with one attached hydrogen (secondary N) is 1. The minimum atomic E-state index is 0. The molecule has 1 saturated heterocycles. The largest absolute Gasteiger partial charge is 0.353 e. The molecule has 2 fully saturated rings. The molecule has 0 radical (unpaired) electrons. The second-order valence-corrected chi connectivity index (χ2v) is 12.1. The topological polar surface area (TPSA) is 52.7 Å². The van der Waals surface area contributed by atoms with E-state index in [9.17, 15) is 9.59 Å². The van der Waals surface area contributed by atoms with Crippen LogP contribution in [0.3, 0.4) is 0 Å². The first-order chi connectivity index (χ1) is 19.6. The van der Waals surface area contributed by atoms with Crippen molar-refractivity contribution in [1.29, 1.82) is 0 Å². The molecule has 0 bridgehead atoms. The quantitative estimate of drug-likeness (QED) is 0.322. The van der Waals surface area contributed by atoms with E-state index in [1.165, 1.54) is 43.2 Å². The molecule has 5 rings (SSSR count). The number of allylic oxidation sites excluding steroid dienone is 1. The summed E-state index contributed by atoms with van der Waals surface area (Å²) in [5.41, 5.74) is 4.04. The zero-order valence-electron chi connectivity index (χ0n) is 24.6. The second kappa shape index (κ2) is 15.6. The van der Waals surface area contributed by atoms with Gasteiger partial charge in [0.1, 0.15) is 0 Å². The number of amides is 2. The van der Waals surface area contributed by atoms with Crippen molar-refractivity contribution in [1.82, 2.24) is 10.2 Å². The molecule has 2 aromatic rings. The molecule has 0 unspecified atom stereocenters. The number of nitrogens with zero attached hydrogens (tertiary/aromatic N) is 2. The van der Waals surface area contributed by atoms with Gasteiger partial charge >= 0.3 is 0 Å². The molecule has 1 saturated carbocycles. The van der Waals surface area contributed by atoms with Crippen molar-refractivity contribution in [3.05, 3.63) is 71.8 Å². The van der Waals surface area contributed by atoms with E-state index in [0.717, 1.165) is 57.4 Å². The van der Waals surface area contributed by atoms with Gasteiger partial charge in [-0.05, 0) is 81.4 Å². The number of piperidine rings is 1. The number of anilines is 1. The Balaban J connectivity index is 0.00000387. The molecule has 1 spiro atoms. The molecule has 2 aromatic carbocycles. The summed E-state index contributed by atoms with van der Waals surface area (Å²) in [5.74, 6) is 0.225. The van der Waals surface area contributed by atoms with Crippen molar-refractivity contribution in [2.75, 3.05) is 31.1 Å². The van der Waals surface area contributed by atoms with E-state index in [2.05, 4.69) is 46.6 Å². The second-order valence-electron chi connectivity index (χ2n) is 12.1. The number of benzene rings is 2. The van der Waals surface area contributed by atoms with Gasteiger partial charge in [-0.25, -0.2) is 0 Å². The molecule has 222 valence electrons. The summed E-state index contributed by atoms with van der Waals surface area (Å²) in [4.78, 5) is 30.4. The Labute approximate surface area is 253 Å². The molecule has 2 aliphatic carbocycles. The van der Waals surface area contributed by atoms with Crippen LogP contribution in [0.4, 0.5) is 5.69 Å². The Morgan fingerprint density at radius 2 is 1.54 bits per heavy atom. The standard InChI is InChI=1S/C35H47N3O2.ClH/c39-33(36-30-14-5-2-1-3-6-15-30)19-11-20-34(40)38(31-16-7-4-8-17-31)26-12-25-37-27-23-35(24-28-37)22-21-29-13-9-10-18-32(29)35;/h4,7-10,13,16-18,21-22,30H,1-3,5-6,11-12,14-15,19-20,23-28H2,(H,36,39);1H. The Hall–Kier alpha value is -2.63. The summed E-state index contributed by atoms with van der Waals surface area (Å²) in [7, 11) is 0. The minimum absolute atomic E-state index is 0. The van der Waals surface area contributed by atoms with Crippen molar-refractivity contribution in [2.45, 2.75) is 94.9 Å². The molecule has 5 nitrogen and oxygen atoms in total. The lowest BCUT2D eigenvalue weighted by atomic mass is 9.74. The van der Waals surface area contributed by atoms with Crippen LogP contribution in [0.2, 0.25) is 0 Å². The van der Waals surface area contributed by atoms with Gasteiger partial charge in [-0.2, -0.15) is 0 Å². The van der Waals surface area contributed by atoms with Gasteiger partial charge in [0.25, 0.3) is 0 Å². The predicted molar refractivity (Wildman–Crippen MR) is 172 cm³/mol. The first kappa shape index (κ1) is 31.3. The monoisotopic (exact) mass is 577 g/mol. The van der Waals surface area contributed by atoms with Crippen LogP contribution in [-0.4, -0.2) is 48.9 Å². The third-order valence-corrected chi connectivity index (χ3v) is 9.32. The number of rotatable bonds is 10. The average Bonchev–Trinajstić information content (AvgIpc) is 3.32. The van der Waals surface area contributed by atoms with Gasteiger partial charge in [-0.15, -0.1) is 12.4 Å². The Morgan fingerprint density at radius 3 is 2.29 bits per heavy atom. The normalized spacial score (nSPS) is 18.6. The van der Waals surface area contributed by atoms with Crippen LogP contribution in [0.15, 0.2) is 60.7 Å². The van der Waals surface area contributed by atoms with E-state index in [-0.39, 0.29) is 29.6 Å². The van der Waals surface area contributed by atoms with Crippen LogP contribution in [0.5, 0.6) is 0 Å². The summed E-state index contributed by atoms with van der Waals surface area (Å²) in [6.45, 7) is 3.89. The Morgan fingerprint density at radius 1 is 0.854 bits per heavy atom. The van der Waals surface area contributed by atoms with Crippen LogP contribution >= 0.6 is 12.4 Å². The fraction of sp³-hybridized carbons (Fsp3) is 0.543. The van der Waals surface area contributed by atoms with Crippen LogP contribution in [0, 0.1) is 0 Å². The highest BCUT2D eigenvalue weighted by Crippen LogP contribution is 2.43. The summed E-state index contributed by atoms with van der Waals surface area (Å²) >= 11 is 0. The van der Waals surface area contributed by atoms with Crippen LogP contribution < -0.4 is 10.2 Å². The molecule has 1 N–H and O–H groups in total. The van der Waals surface area contributed by atoms with E-state index < -0.39 is 0 Å². The average molecular weight is 578 g/mol. The molecule has 0 aromatic heterocycles. The molecule has 3 aliphatic rings. The Kier molecular flexibility index (Phi) is 11.9. The fourth-order valence-corrected chi connectivity index (χ4v) is 6.94. The molecule has 1 heterocycles. The van der Waals surface area contributed by atoms with Crippen molar-refractivity contribution >= 4 is 36.0 Å². The smallest absolute Gasteiger partial charge is 0.226 e. The van der Waals surface area contributed by atoms with E-state index in [1.54, 1.807) is 0 Å². The van der Waals surface area contributed by atoms with Gasteiger partial charge in [0.05, 0.1) is 0 Å². The van der Waals surface area contributed by atoms with Gasteiger partial charge in [0.2, 0.25) is 11.8 Å². The lowest BCUT2D eigenvalue weighted by Crippen LogP contribution is -2.42. The molecule has 41 heavy (non-hydrogen) atoms. The maximum absolute atomic E-state index is 13.3. The number of halogens is 1. The highest BCUT2D eigenvalue weighted by atomic mass is 35.5. The highest BCUT2D eigenvalue weighted by Gasteiger charge is 2.37. The summed E-state index contributed by atoms with van der Waals surface area (Å²) in [5, 5.41) is 3.24. The van der Waals surface area contributed by atoms with Crippen molar-refractivity contribution in [2.24, 2.45) is 0 Å². The maximum Gasteiger partial charge on any atom is 0.226 e. The van der Waals surface area contributed by atoms with E-state index >= 15 is 0 Å². The van der Waals surface area contributed by atoms with E-state index in [0.29, 0.717) is 31.8 Å². The first-order valence-electron chi connectivity index (χ1n) is 15.8. The minimum Gasteiger partial charge on any atom is -0.353 e. The summed E-state index contributed by atoms with van der Waals surface area (Å²) in [6.07, 6.45) is 17.9. The van der Waals surface area contributed by atoms with Gasteiger partial charge < -0.3 is 15.1 Å². The third kappa shape index (κ3) is 8.45. The highest BCUT2D eigenvalue weighted by molar-refractivity contribution is 5.93. The maximum atomic E-state index is 13.3. The summed E-state index contributed by atoms with van der Waals surface area (Å²) < 4.78 is 0. The van der Waals surface area contributed by atoms with E-state index in [1.807, 2.05) is 35.2 Å². The zero-order chi connectivity index (χ0) is 27.6. The zero-order valence-corrected chi connectivity index (χ0v) is 25.4. The van der Waals surface area contributed by atoms with E-state index in [4.69, 9.17) is 0 Å². The molecule has 1 aliphatic heterocycles. The van der Waals surface area contributed by atoms with Crippen LogP contribution in [-0.2, 0) is 15.0 Å². The Bertz CT molecular complexity index is 1140. The number of fused-ring (bicyclic) bond motifs is 2. The van der Waals surface area contributed by atoms with Crippen molar-refractivity contribution in [3.8, 4) is 0 Å². The number of hydrogen-bond donors (Lipinski definition) is 1. The van der Waals surface area contributed by atoms with Gasteiger partial charge in [0, 0.05) is 36.5 Å². The molecule has 0 atom stereocenters. The molecule has 2 amide bonds. The lowest BCUT2D eigenvalue weighted by molar-refractivity contribution is -0.122. The van der Waals surface area contributed by atoms with Gasteiger partial charge in [0.15, 0.2) is 0 Å². The number of likely N-dealkylation sites (tertiary alicyclic amines) is 1. The number of hydrogen-bond acceptors (Lipinski definition) is 3.